The van der Waals surface area contributed by atoms with Gasteiger partial charge in [0.1, 0.15) is 0 Å². The minimum atomic E-state index is 0.426. The summed E-state index contributed by atoms with van der Waals surface area (Å²) in [5.74, 6) is 0. The van der Waals surface area contributed by atoms with Crippen LogP contribution in [0, 0.1) is 10.8 Å². The van der Waals surface area contributed by atoms with Gasteiger partial charge in [-0.25, -0.2) is 0 Å². The Morgan fingerprint density at radius 1 is 1.00 bits per heavy atom. The van der Waals surface area contributed by atoms with Crippen molar-refractivity contribution in [1.29, 1.82) is 0 Å². The van der Waals surface area contributed by atoms with E-state index in [2.05, 4.69) is 6.92 Å². The quantitative estimate of drug-likeness (QED) is 0.762. The van der Waals surface area contributed by atoms with E-state index in [0.717, 1.165) is 19.8 Å². The molecule has 2 N–H and O–H groups in total. The second kappa shape index (κ2) is 4.42. The Bertz CT molecular complexity index is 203. The van der Waals surface area contributed by atoms with Gasteiger partial charge in [-0.15, -0.1) is 0 Å². The van der Waals surface area contributed by atoms with Crippen LogP contribution in [0.15, 0.2) is 0 Å². The van der Waals surface area contributed by atoms with Crippen LogP contribution in [0.5, 0.6) is 0 Å². The number of rotatable bonds is 2. The molecule has 0 radical (unpaired) electrons. The Balaban J connectivity index is 2.15. The maximum Gasteiger partial charge on any atom is 0.0471 e. The first kappa shape index (κ1) is 11.4. The van der Waals surface area contributed by atoms with Gasteiger partial charge in [-0.3, -0.25) is 0 Å². The molecule has 1 saturated heterocycles. The van der Waals surface area contributed by atoms with E-state index in [4.69, 9.17) is 10.5 Å². The third-order valence-corrected chi connectivity index (χ3v) is 5.08. The fourth-order valence-electron chi connectivity index (χ4n) is 3.63. The van der Waals surface area contributed by atoms with Crippen molar-refractivity contribution in [1.82, 2.24) is 0 Å². The van der Waals surface area contributed by atoms with Crippen molar-refractivity contribution in [2.24, 2.45) is 16.6 Å². The number of ether oxygens (including phenoxy) is 1. The first-order chi connectivity index (χ1) is 7.22. The van der Waals surface area contributed by atoms with Crippen molar-refractivity contribution < 1.29 is 4.74 Å². The highest BCUT2D eigenvalue weighted by molar-refractivity contribution is 4.98. The van der Waals surface area contributed by atoms with Crippen LogP contribution in [0.25, 0.3) is 0 Å². The van der Waals surface area contributed by atoms with Gasteiger partial charge in [0.25, 0.3) is 0 Å². The Morgan fingerprint density at radius 3 is 2.13 bits per heavy atom. The van der Waals surface area contributed by atoms with E-state index >= 15 is 0 Å². The summed E-state index contributed by atoms with van der Waals surface area (Å²) in [5.41, 5.74) is 6.98. The van der Waals surface area contributed by atoms with Crippen LogP contribution in [0.2, 0.25) is 0 Å². The molecule has 2 rings (SSSR count). The zero-order valence-electron chi connectivity index (χ0n) is 10.1. The summed E-state index contributed by atoms with van der Waals surface area (Å²) in [7, 11) is 0. The monoisotopic (exact) mass is 211 g/mol. The first-order valence-corrected chi connectivity index (χ1v) is 6.50. The van der Waals surface area contributed by atoms with Gasteiger partial charge >= 0.3 is 0 Å². The molecule has 1 aliphatic carbocycles. The van der Waals surface area contributed by atoms with Gasteiger partial charge in [0.15, 0.2) is 0 Å². The summed E-state index contributed by atoms with van der Waals surface area (Å²) < 4.78 is 5.50. The maximum absolute atomic E-state index is 6.11. The van der Waals surface area contributed by atoms with Crippen LogP contribution < -0.4 is 5.73 Å². The van der Waals surface area contributed by atoms with Crippen LogP contribution in [0.3, 0.4) is 0 Å². The van der Waals surface area contributed by atoms with Crippen LogP contribution in [0.4, 0.5) is 0 Å². The second-order valence-electron chi connectivity index (χ2n) is 5.72. The topological polar surface area (TPSA) is 35.2 Å². The Labute approximate surface area is 93.6 Å². The molecule has 0 spiro atoms. The second-order valence-corrected chi connectivity index (χ2v) is 5.72. The Hall–Kier alpha value is -0.0800. The highest BCUT2D eigenvalue weighted by Crippen LogP contribution is 2.53. The fraction of sp³-hybridized carbons (Fsp3) is 1.00. The molecule has 2 fully saturated rings. The van der Waals surface area contributed by atoms with Gasteiger partial charge in [-0.2, -0.15) is 0 Å². The minimum Gasteiger partial charge on any atom is -0.381 e. The summed E-state index contributed by atoms with van der Waals surface area (Å²) in [6, 6.07) is 0. The lowest BCUT2D eigenvalue weighted by molar-refractivity contribution is -0.0701. The highest BCUT2D eigenvalue weighted by Gasteiger charge is 2.47. The molecule has 0 aromatic rings. The van der Waals surface area contributed by atoms with Crippen molar-refractivity contribution in [2.75, 3.05) is 19.8 Å². The lowest BCUT2D eigenvalue weighted by atomic mass is 9.55. The highest BCUT2D eigenvalue weighted by atomic mass is 16.5. The molecule has 1 aliphatic heterocycles. The van der Waals surface area contributed by atoms with Crippen LogP contribution in [-0.2, 0) is 4.74 Å². The lowest BCUT2D eigenvalue weighted by Crippen LogP contribution is -2.49. The van der Waals surface area contributed by atoms with E-state index in [1.54, 1.807) is 0 Å². The first-order valence-electron chi connectivity index (χ1n) is 6.50. The summed E-state index contributed by atoms with van der Waals surface area (Å²) in [4.78, 5) is 0. The lowest BCUT2D eigenvalue weighted by Gasteiger charge is -2.52. The van der Waals surface area contributed by atoms with Crippen molar-refractivity contribution in [2.45, 2.75) is 51.9 Å². The molecule has 0 amide bonds. The van der Waals surface area contributed by atoms with E-state index in [9.17, 15) is 0 Å². The predicted octanol–water partition coefficient (Wildman–Crippen LogP) is 2.71. The Morgan fingerprint density at radius 2 is 1.60 bits per heavy atom. The molecule has 0 bridgehead atoms. The molecule has 15 heavy (non-hydrogen) atoms. The SMILES string of the molecule is CC1(C2(CN)CCCCC2)CCOCC1. The van der Waals surface area contributed by atoms with Crippen molar-refractivity contribution in [3.63, 3.8) is 0 Å². The third-order valence-electron chi connectivity index (χ3n) is 5.08. The molecule has 2 nitrogen and oxygen atoms in total. The molecule has 0 unspecified atom stereocenters. The van der Waals surface area contributed by atoms with Gasteiger partial charge in [-0.1, -0.05) is 26.2 Å². The fourth-order valence-corrected chi connectivity index (χ4v) is 3.63. The van der Waals surface area contributed by atoms with E-state index in [-0.39, 0.29) is 0 Å². The Kier molecular flexibility index (Phi) is 3.36. The smallest absolute Gasteiger partial charge is 0.0471 e. The third kappa shape index (κ3) is 1.94. The minimum absolute atomic E-state index is 0.426. The molecular weight excluding hydrogens is 186 g/mol. The van der Waals surface area contributed by atoms with Gasteiger partial charge < -0.3 is 10.5 Å². The molecule has 2 aliphatic rings. The van der Waals surface area contributed by atoms with Gasteiger partial charge in [0, 0.05) is 13.2 Å². The maximum atomic E-state index is 6.11. The summed E-state index contributed by atoms with van der Waals surface area (Å²) in [6.07, 6.45) is 9.30. The molecular formula is C13H25NO. The molecule has 1 heterocycles. The van der Waals surface area contributed by atoms with Gasteiger partial charge in [-0.05, 0) is 43.1 Å². The van der Waals surface area contributed by atoms with E-state index in [1.165, 1.54) is 44.9 Å². The normalized spacial score (nSPS) is 30.0. The number of hydrogen-bond donors (Lipinski definition) is 1. The van der Waals surface area contributed by atoms with E-state index < -0.39 is 0 Å². The van der Waals surface area contributed by atoms with E-state index in [0.29, 0.717) is 10.8 Å². The molecule has 88 valence electrons. The van der Waals surface area contributed by atoms with Crippen molar-refractivity contribution in [3.05, 3.63) is 0 Å². The summed E-state index contributed by atoms with van der Waals surface area (Å²) in [5, 5.41) is 0. The van der Waals surface area contributed by atoms with Crippen LogP contribution >= 0.6 is 0 Å². The largest absolute Gasteiger partial charge is 0.381 e. The molecule has 0 aromatic carbocycles. The van der Waals surface area contributed by atoms with Gasteiger partial charge in [0.2, 0.25) is 0 Å². The van der Waals surface area contributed by atoms with Crippen LogP contribution in [0.1, 0.15) is 51.9 Å². The number of nitrogens with two attached hydrogens (primary N) is 1. The zero-order chi connectivity index (χ0) is 10.8. The molecule has 1 saturated carbocycles. The average Bonchev–Trinajstić information content (AvgIpc) is 2.31. The summed E-state index contributed by atoms with van der Waals surface area (Å²) in [6.45, 7) is 5.22. The number of hydrogen-bond acceptors (Lipinski definition) is 2. The van der Waals surface area contributed by atoms with Crippen molar-refractivity contribution in [3.8, 4) is 0 Å². The molecule has 2 heteroatoms. The standard InChI is InChI=1S/C13H25NO/c1-12(7-9-15-10-8-12)13(11-14)5-3-2-4-6-13/h2-11,14H2,1H3. The van der Waals surface area contributed by atoms with Crippen molar-refractivity contribution >= 4 is 0 Å². The summed E-state index contributed by atoms with van der Waals surface area (Å²) >= 11 is 0. The average molecular weight is 211 g/mol. The molecule has 0 aromatic heterocycles. The predicted molar refractivity (Wildman–Crippen MR) is 62.7 cm³/mol. The molecule has 0 atom stereocenters. The van der Waals surface area contributed by atoms with E-state index in [1.807, 2.05) is 0 Å². The van der Waals surface area contributed by atoms with Crippen LogP contribution in [-0.4, -0.2) is 19.8 Å². The van der Waals surface area contributed by atoms with Gasteiger partial charge in [0.05, 0.1) is 0 Å². The zero-order valence-corrected chi connectivity index (χ0v) is 10.1.